The van der Waals surface area contributed by atoms with Gasteiger partial charge in [-0.2, -0.15) is 0 Å². The van der Waals surface area contributed by atoms with E-state index in [1.165, 1.54) is 0 Å². The zero-order chi connectivity index (χ0) is 12.4. The monoisotopic (exact) mass is 250 g/mol. The fourth-order valence-corrected chi connectivity index (χ4v) is 2.23. The van der Waals surface area contributed by atoms with Crippen molar-refractivity contribution in [1.82, 2.24) is 0 Å². The third-order valence-electron chi connectivity index (χ3n) is 2.58. The van der Waals surface area contributed by atoms with Crippen LogP contribution in [0.5, 0.6) is 0 Å². The highest BCUT2D eigenvalue weighted by atomic mass is 32.2. The predicted octanol–water partition coefficient (Wildman–Crippen LogP) is 2.45. The Hall–Kier alpha value is -1.59. The molecule has 0 spiro atoms. The van der Waals surface area contributed by atoms with Crippen LogP contribution in [0, 0.1) is 0 Å². The number of fused-ring (bicyclic) bond motifs is 1. The van der Waals surface area contributed by atoms with Gasteiger partial charge >= 0.3 is 0 Å². The molecule has 0 amide bonds. The van der Waals surface area contributed by atoms with Crippen LogP contribution in [0.25, 0.3) is 10.8 Å². The maximum Gasteiger partial charge on any atom is 0.259 e. The number of anilines is 2. The predicted molar refractivity (Wildman–Crippen MR) is 72.7 cm³/mol. The van der Waals surface area contributed by atoms with Gasteiger partial charge in [0.25, 0.3) is 11.3 Å². The molecule has 4 nitrogen and oxygen atoms in total. The van der Waals surface area contributed by atoms with Crippen molar-refractivity contribution in [2.45, 2.75) is 0 Å². The highest BCUT2D eigenvalue weighted by Crippen LogP contribution is 2.30. The molecule has 0 aliphatic heterocycles. The molecule has 17 heavy (non-hydrogen) atoms. The highest BCUT2D eigenvalue weighted by Gasteiger charge is 2.06. The van der Waals surface area contributed by atoms with Gasteiger partial charge in [0.2, 0.25) is 0 Å². The van der Waals surface area contributed by atoms with Crippen LogP contribution < -0.4 is 9.62 Å². The summed E-state index contributed by atoms with van der Waals surface area (Å²) in [5.74, 6) is 0. The summed E-state index contributed by atoms with van der Waals surface area (Å²) in [6, 6.07) is 11.5. The molecule has 0 saturated carbocycles. The van der Waals surface area contributed by atoms with E-state index in [2.05, 4.69) is 4.72 Å². The first-order chi connectivity index (χ1) is 8.09. The summed E-state index contributed by atoms with van der Waals surface area (Å²) in [4.78, 5) is 2.02. The molecule has 2 aromatic rings. The minimum atomic E-state index is -2.05. The smallest absolute Gasteiger partial charge is 0.259 e. The standard InChI is InChI=1S/C12H14N2O2S/c1-14(2)12-8-4-5-9-10(12)6-3-7-11(9)13-17(15)16/h3-8,13H,1-2H3,(H,15,16). The van der Waals surface area contributed by atoms with Gasteiger partial charge in [0.15, 0.2) is 0 Å². The maximum absolute atomic E-state index is 10.8. The molecule has 0 radical (unpaired) electrons. The number of rotatable bonds is 3. The zero-order valence-electron chi connectivity index (χ0n) is 9.68. The second-order valence-corrected chi connectivity index (χ2v) is 4.63. The molecular formula is C12H14N2O2S. The Bertz CT molecular complexity index is 569. The van der Waals surface area contributed by atoms with Gasteiger partial charge in [0.05, 0.1) is 5.69 Å². The Kier molecular flexibility index (Phi) is 3.31. The van der Waals surface area contributed by atoms with Crippen LogP contribution in [-0.4, -0.2) is 22.9 Å². The average molecular weight is 250 g/mol. The molecule has 0 aliphatic rings. The molecule has 0 aromatic heterocycles. The number of hydrogen-bond acceptors (Lipinski definition) is 2. The molecule has 0 saturated heterocycles. The highest BCUT2D eigenvalue weighted by molar-refractivity contribution is 7.80. The first-order valence-corrected chi connectivity index (χ1v) is 6.27. The molecule has 2 aromatic carbocycles. The Morgan fingerprint density at radius 3 is 2.41 bits per heavy atom. The number of hydrogen-bond donors (Lipinski definition) is 2. The van der Waals surface area contributed by atoms with Crippen molar-refractivity contribution < 1.29 is 8.76 Å². The number of nitrogens with one attached hydrogen (secondary N) is 1. The Morgan fingerprint density at radius 2 is 1.76 bits per heavy atom. The summed E-state index contributed by atoms with van der Waals surface area (Å²) < 4.78 is 22.2. The van der Waals surface area contributed by atoms with Crippen LogP contribution >= 0.6 is 0 Å². The van der Waals surface area contributed by atoms with E-state index in [1.807, 2.05) is 49.3 Å². The van der Waals surface area contributed by atoms with Crippen LogP contribution in [0.3, 0.4) is 0 Å². The SMILES string of the molecule is CN(C)c1cccc2c(NS(=O)O)cccc12. The van der Waals surface area contributed by atoms with Gasteiger partial charge in [-0.1, -0.05) is 24.3 Å². The van der Waals surface area contributed by atoms with Crippen LogP contribution in [0.1, 0.15) is 0 Å². The summed E-state index contributed by atoms with van der Waals surface area (Å²) in [5.41, 5.74) is 1.74. The molecule has 0 aliphatic carbocycles. The van der Waals surface area contributed by atoms with Gasteiger partial charge in [-0.05, 0) is 12.1 Å². The lowest BCUT2D eigenvalue weighted by Gasteiger charge is -2.16. The minimum Gasteiger partial charge on any atom is -0.377 e. The van der Waals surface area contributed by atoms with E-state index in [0.29, 0.717) is 5.69 Å². The summed E-state index contributed by atoms with van der Waals surface area (Å²) in [7, 11) is 3.94. The lowest BCUT2D eigenvalue weighted by molar-refractivity contribution is 0.570. The van der Waals surface area contributed by atoms with Crippen LogP contribution in [-0.2, 0) is 11.3 Å². The Morgan fingerprint density at radius 1 is 1.12 bits per heavy atom. The van der Waals surface area contributed by atoms with E-state index in [1.54, 1.807) is 6.07 Å². The van der Waals surface area contributed by atoms with Gasteiger partial charge < -0.3 is 4.90 Å². The Labute approximate surface area is 103 Å². The van der Waals surface area contributed by atoms with Gasteiger partial charge in [-0.25, -0.2) is 4.21 Å². The van der Waals surface area contributed by atoms with E-state index in [0.717, 1.165) is 16.5 Å². The summed E-state index contributed by atoms with van der Waals surface area (Å²) in [6.45, 7) is 0. The fraction of sp³-hybridized carbons (Fsp3) is 0.167. The van der Waals surface area contributed by atoms with E-state index >= 15 is 0 Å². The van der Waals surface area contributed by atoms with Crippen LogP contribution in [0.15, 0.2) is 36.4 Å². The average Bonchev–Trinajstić information content (AvgIpc) is 2.28. The van der Waals surface area contributed by atoms with Crippen molar-refractivity contribution in [2.75, 3.05) is 23.7 Å². The van der Waals surface area contributed by atoms with Crippen molar-refractivity contribution in [3.8, 4) is 0 Å². The number of benzene rings is 2. The third kappa shape index (κ3) is 2.40. The first kappa shape index (κ1) is 11.9. The lowest BCUT2D eigenvalue weighted by Crippen LogP contribution is -2.09. The molecule has 0 heterocycles. The fourth-order valence-electron chi connectivity index (χ4n) is 1.87. The third-order valence-corrected chi connectivity index (χ3v) is 2.97. The second kappa shape index (κ2) is 4.73. The summed E-state index contributed by atoms with van der Waals surface area (Å²) >= 11 is -2.05. The topological polar surface area (TPSA) is 52.6 Å². The minimum absolute atomic E-state index is 0.659. The van der Waals surface area contributed by atoms with Crippen molar-refractivity contribution in [3.63, 3.8) is 0 Å². The normalized spacial score (nSPS) is 12.4. The number of nitrogens with zero attached hydrogens (tertiary/aromatic N) is 1. The van der Waals surface area contributed by atoms with Crippen LogP contribution in [0.4, 0.5) is 11.4 Å². The van der Waals surface area contributed by atoms with Gasteiger partial charge in [-0.3, -0.25) is 9.27 Å². The second-order valence-electron chi connectivity index (χ2n) is 3.92. The van der Waals surface area contributed by atoms with E-state index in [4.69, 9.17) is 4.55 Å². The summed E-state index contributed by atoms with van der Waals surface area (Å²) in [6.07, 6.45) is 0. The van der Waals surface area contributed by atoms with Gasteiger partial charge in [0, 0.05) is 30.6 Å². The van der Waals surface area contributed by atoms with E-state index in [-0.39, 0.29) is 0 Å². The Balaban J connectivity index is 2.65. The largest absolute Gasteiger partial charge is 0.377 e. The van der Waals surface area contributed by atoms with Crippen molar-refractivity contribution in [1.29, 1.82) is 0 Å². The van der Waals surface area contributed by atoms with Crippen molar-refractivity contribution in [3.05, 3.63) is 36.4 Å². The van der Waals surface area contributed by atoms with Gasteiger partial charge in [-0.15, -0.1) is 0 Å². The molecule has 1 unspecified atom stereocenters. The van der Waals surface area contributed by atoms with Crippen molar-refractivity contribution in [2.24, 2.45) is 0 Å². The molecule has 1 atom stereocenters. The summed E-state index contributed by atoms with van der Waals surface area (Å²) in [5, 5.41) is 1.98. The van der Waals surface area contributed by atoms with E-state index in [9.17, 15) is 4.21 Å². The molecule has 2 rings (SSSR count). The molecule has 2 N–H and O–H groups in total. The molecule has 5 heteroatoms. The lowest BCUT2D eigenvalue weighted by atomic mass is 10.1. The maximum atomic E-state index is 10.8. The zero-order valence-corrected chi connectivity index (χ0v) is 10.5. The molecule has 90 valence electrons. The molecule has 0 bridgehead atoms. The van der Waals surface area contributed by atoms with E-state index < -0.39 is 11.3 Å². The molecule has 0 fully saturated rings. The van der Waals surface area contributed by atoms with Gasteiger partial charge in [0.1, 0.15) is 0 Å². The van der Waals surface area contributed by atoms with Crippen LogP contribution in [0.2, 0.25) is 0 Å². The quantitative estimate of drug-likeness (QED) is 0.823. The first-order valence-electron chi connectivity index (χ1n) is 5.16. The molecular weight excluding hydrogens is 236 g/mol. The van der Waals surface area contributed by atoms with Crippen molar-refractivity contribution >= 4 is 33.4 Å².